The van der Waals surface area contributed by atoms with Crippen molar-refractivity contribution >= 4 is 39.2 Å². The van der Waals surface area contributed by atoms with Crippen LogP contribution in [0.1, 0.15) is 34.8 Å². The number of aliphatic carboxylic acids is 1. The van der Waals surface area contributed by atoms with Crippen molar-refractivity contribution in [1.82, 2.24) is 0 Å². The quantitative estimate of drug-likeness (QED) is 0.333. The Morgan fingerprint density at radius 3 is 2.71 bits per heavy atom. The largest absolute Gasteiger partial charge is 0.482 e. The van der Waals surface area contributed by atoms with Gasteiger partial charge in [-0.3, -0.25) is 0 Å². The standard InChI is InChI=1S/C24H27FO4S2/c1-15-12-19(5-7-21(15)29-14-23(26)27)30-11-9-17(8-10-28-3)24-16(2)20-6-4-18(25)13-22(20)31-24/h4-7,12-13,17H,8-11,14H2,1-3H3,(H,26,27). The van der Waals surface area contributed by atoms with Gasteiger partial charge < -0.3 is 14.6 Å². The first-order chi connectivity index (χ1) is 14.9. The Labute approximate surface area is 190 Å². The molecule has 3 aromatic rings. The normalized spacial score (nSPS) is 12.3. The minimum atomic E-state index is -0.987. The van der Waals surface area contributed by atoms with Crippen molar-refractivity contribution in [3.05, 3.63) is 58.2 Å². The number of carbonyl (C=O) groups is 1. The van der Waals surface area contributed by atoms with Crippen molar-refractivity contribution in [3.8, 4) is 5.75 Å². The van der Waals surface area contributed by atoms with Crippen LogP contribution in [-0.2, 0) is 9.53 Å². The Balaban J connectivity index is 1.68. The molecule has 1 heterocycles. The summed E-state index contributed by atoms with van der Waals surface area (Å²) in [4.78, 5) is 13.1. The molecule has 1 aromatic heterocycles. The summed E-state index contributed by atoms with van der Waals surface area (Å²) in [6, 6.07) is 10.8. The average Bonchev–Trinajstić information content (AvgIpc) is 3.05. The van der Waals surface area contributed by atoms with Crippen molar-refractivity contribution in [1.29, 1.82) is 0 Å². The van der Waals surface area contributed by atoms with E-state index in [1.807, 2.05) is 31.2 Å². The summed E-state index contributed by atoms with van der Waals surface area (Å²) in [5, 5.41) is 9.90. The van der Waals surface area contributed by atoms with Crippen LogP contribution in [0.2, 0.25) is 0 Å². The van der Waals surface area contributed by atoms with Gasteiger partial charge in [0.1, 0.15) is 11.6 Å². The lowest BCUT2D eigenvalue weighted by atomic mass is 9.97. The first kappa shape index (κ1) is 23.6. The molecule has 4 nitrogen and oxygen atoms in total. The van der Waals surface area contributed by atoms with Gasteiger partial charge in [-0.25, -0.2) is 9.18 Å². The Bertz CT molecular complexity index is 1050. The lowest BCUT2D eigenvalue weighted by Crippen LogP contribution is -2.10. The van der Waals surface area contributed by atoms with Gasteiger partial charge in [-0.2, -0.15) is 0 Å². The SMILES string of the molecule is COCCC(CCSc1ccc(OCC(=O)O)c(C)c1)c1sc2cc(F)ccc2c1C. The Morgan fingerprint density at radius 2 is 2.00 bits per heavy atom. The number of benzene rings is 2. The van der Waals surface area contributed by atoms with Crippen LogP contribution in [0.5, 0.6) is 5.75 Å². The highest BCUT2D eigenvalue weighted by atomic mass is 32.2. The average molecular weight is 463 g/mol. The van der Waals surface area contributed by atoms with E-state index in [1.165, 1.54) is 16.5 Å². The van der Waals surface area contributed by atoms with E-state index in [0.717, 1.165) is 39.1 Å². The van der Waals surface area contributed by atoms with Crippen LogP contribution in [0.4, 0.5) is 4.39 Å². The third kappa shape index (κ3) is 6.21. The van der Waals surface area contributed by atoms with Crippen LogP contribution in [0.25, 0.3) is 10.1 Å². The molecule has 0 aliphatic heterocycles. The number of fused-ring (bicyclic) bond motifs is 1. The Hall–Kier alpha value is -2.09. The van der Waals surface area contributed by atoms with Gasteiger partial charge in [0.25, 0.3) is 0 Å². The first-order valence-electron chi connectivity index (χ1n) is 10.1. The van der Waals surface area contributed by atoms with Crippen molar-refractivity contribution in [3.63, 3.8) is 0 Å². The third-order valence-electron chi connectivity index (χ3n) is 5.21. The highest BCUT2D eigenvalue weighted by molar-refractivity contribution is 7.99. The fraction of sp³-hybridized carbons (Fsp3) is 0.375. The van der Waals surface area contributed by atoms with Crippen molar-refractivity contribution in [2.24, 2.45) is 0 Å². The second kappa shape index (κ2) is 11.0. The molecule has 31 heavy (non-hydrogen) atoms. The summed E-state index contributed by atoms with van der Waals surface area (Å²) < 4.78 is 25.3. The zero-order chi connectivity index (χ0) is 22.4. The maximum Gasteiger partial charge on any atom is 0.341 e. The fourth-order valence-corrected chi connectivity index (χ4v) is 6.07. The third-order valence-corrected chi connectivity index (χ3v) is 7.66. The topological polar surface area (TPSA) is 55.8 Å². The molecule has 1 unspecified atom stereocenters. The smallest absolute Gasteiger partial charge is 0.341 e. The molecule has 2 aromatic carbocycles. The van der Waals surface area contributed by atoms with E-state index in [0.29, 0.717) is 18.3 Å². The van der Waals surface area contributed by atoms with E-state index in [2.05, 4.69) is 6.92 Å². The van der Waals surface area contributed by atoms with Gasteiger partial charge in [0, 0.05) is 28.2 Å². The first-order valence-corrected chi connectivity index (χ1v) is 11.9. The molecule has 0 amide bonds. The molecular formula is C24H27FO4S2. The highest BCUT2D eigenvalue weighted by Crippen LogP contribution is 2.40. The van der Waals surface area contributed by atoms with Gasteiger partial charge in [-0.1, -0.05) is 6.07 Å². The zero-order valence-electron chi connectivity index (χ0n) is 17.9. The summed E-state index contributed by atoms with van der Waals surface area (Å²) in [5.74, 6) is 0.699. The molecule has 0 fully saturated rings. The number of hydrogen-bond acceptors (Lipinski definition) is 5. The maximum absolute atomic E-state index is 13.7. The monoisotopic (exact) mass is 462 g/mol. The number of rotatable bonds is 11. The van der Waals surface area contributed by atoms with Gasteiger partial charge in [0.05, 0.1) is 0 Å². The molecule has 0 saturated heterocycles. The second-order valence-corrected chi connectivity index (χ2v) is 9.71. The molecule has 0 spiro atoms. The van der Waals surface area contributed by atoms with Crippen LogP contribution in [0.15, 0.2) is 41.3 Å². The highest BCUT2D eigenvalue weighted by Gasteiger charge is 2.19. The lowest BCUT2D eigenvalue weighted by Gasteiger charge is -2.16. The molecule has 3 rings (SSSR count). The molecule has 0 saturated carbocycles. The van der Waals surface area contributed by atoms with Crippen molar-refractivity contribution in [2.75, 3.05) is 26.1 Å². The Morgan fingerprint density at radius 1 is 1.19 bits per heavy atom. The molecule has 166 valence electrons. The molecule has 1 N–H and O–H groups in total. The Kier molecular flexibility index (Phi) is 8.35. The van der Waals surface area contributed by atoms with E-state index < -0.39 is 5.97 Å². The number of methoxy groups -OCH3 is 1. The van der Waals surface area contributed by atoms with Gasteiger partial charge in [0.2, 0.25) is 0 Å². The minimum Gasteiger partial charge on any atom is -0.482 e. The zero-order valence-corrected chi connectivity index (χ0v) is 19.6. The number of halogens is 1. The van der Waals surface area contributed by atoms with Crippen LogP contribution >= 0.6 is 23.1 Å². The number of carboxylic acids is 1. The van der Waals surface area contributed by atoms with Gasteiger partial charge in [-0.05, 0) is 85.2 Å². The van der Waals surface area contributed by atoms with Crippen LogP contribution in [0.3, 0.4) is 0 Å². The van der Waals surface area contributed by atoms with E-state index in [-0.39, 0.29) is 12.4 Å². The summed E-state index contributed by atoms with van der Waals surface area (Å²) in [6.07, 6.45) is 1.91. The summed E-state index contributed by atoms with van der Waals surface area (Å²) in [5.41, 5.74) is 2.16. The van der Waals surface area contributed by atoms with Gasteiger partial charge in [-0.15, -0.1) is 23.1 Å². The molecule has 1 atom stereocenters. The number of thioether (sulfide) groups is 1. The molecule has 0 aliphatic carbocycles. The van der Waals surface area contributed by atoms with Crippen LogP contribution in [0, 0.1) is 19.7 Å². The predicted molar refractivity (Wildman–Crippen MR) is 125 cm³/mol. The van der Waals surface area contributed by atoms with Crippen LogP contribution in [-0.4, -0.2) is 37.2 Å². The molecule has 0 bridgehead atoms. The second-order valence-electron chi connectivity index (χ2n) is 7.46. The molecule has 7 heteroatoms. The fourth-order valence-electron chi connectivity index (χ4n) is 3.61. The molecular weight excluding hydrogens is 435 g/mol. The predicted octanol–water partition coefficient (Wildman–Crippen LogP) is 6.42. The van der Waals surface area contributed by atoms with E-state index in [4.69, 9.17) is 14.6 Å². The van der Waals surface area contributed by atoms with E-state index in [9.17, 15) is 9.18 Å². The number of thiophene rings is 1. The number of hydrogen-bond donors (Lipinski definition) is 1. The van der Waals surface area contributed by atoms with Crippen molar-refractivity contribution < 1.29 is 23.8 Å². The summed E-state index contributed by atoms with van der Waals surface area (Å²) in [6.45, 7) is 4.39. The number of ether oxygens (including phenoxy) is 2. The minimum absolute atomic E-state index is 0.199. The van der Waals surface area contributed by atoms with Gasteiger partial charge in [0.15, 0.2) is 6.61 Å². The van der Waals surface area contributed by atoms with E-state index >= 15 is 0 Å². The number of aryl methyl sites for hydroxylation is 2. The number of carboxylic acid groups (broad SMARTS) is 1. The molecule has 0 aliphatic rings. The summed E-state index contributed by atoms with van der Waals surface area (Å²) in [7, 11) is 1.72. The lowest BCUT2D eigenvalue weighted by molar-refractivity contribution is -0.139. The van der Waals surface area contributed by atoms with Crippen LogP contribution < -0.4 is 4.74 Å². The molecule has 0 radical (unpaired) electrons. The van der Waals surface area contributed by atoms with Gasteiger partial charge >= 0.3 is 5.97 Å². The summed E-state index contributed by atoms with van der Waals surface area (Å²) >= 11 is 3.46. The van der Waals surface area contributed by atoms with Crippen molar-refractivity contribution in [2.45, 2.75) is 37.5 Å². The van der Waals surface area contributed by atoms with E-state index in [1.54, 1.807) is 36.3 Å². The maximum atomic E-state index is 13.7.